The van der Waals surface area contributed by atoms with Crippen LogP contribution in [0.4, 0.5) is 0 Å². The average molecular weight is 279 g/mol. The van der Waals surface area contributed by atoms with Crippen molar-refractivity contribution in [2.24, 2.45) is 0 Å². The molecule has 1 unspecified atom stereocenters. The second kappa shape index (κ2) is 7.25. The van der Waals surface area contributed by atoms with Crippen LogP contribution in [0.2, 0.25) is 0 Å². The van der Waals surface area contributed by atoms with E-state index in [4.69, 9.17) is 4.42 Å². The molecule has 4 nitrogen and oxygen atoms in total. The van der Waals surface area contributed by atoms with Crippen LogP contribution in [0.25, 0.3) is 0 Å². The predicted molar refractivity (Wildman–Crippen MR) is 82.7 cm³/mol. The Balaban J connectivity index is 1.91. The van der Waals surface area contributed by atoms with E-state index in [2.05, 4.69) is 49.0 Å². The van der Waals surface area contributed by atoms with Crippen molar-refractivity contribution in [2.75, 3.05) is 26.7 Å². The fourth-order valence-corrected chi connectivity index (χ4v) is 2.80. The zero-order valence-corrected chi connectivity index (χ0v) is 13.4. The highest BCUT2D eigenvalue weighted by molar-refractivity contribution is 5.17. The summed E-state index contributed by atoms with van der Waals surface area (Å²) in [7, 11) is 2.24. The minimum atomic E-state index is 0.487. The van der Waals surface area contributed by atoms with Gasteiger partial charge >= 0.3 is 0 Å². The third-order valence-corrected chi connectivity index (χ3v) is 4.23. The fraction of sp³-hybridized carbons (Fsp3) is 0.750. The number of likely N-dealkylation sites (N-methyl/N-ethyl adjacent to an activating group) is 1. The lowest BCUT2D eigenvalue weighted by Crippen LogP contribution is -2.50. The van der Waals surface area contributed by atoms with E-state index in [9.17, 15) is 0 Å². The topological polar surface area (TPSA) is 31.7 Å². The molecule has 1 N–H and O–H groups in total. The average Bonchev–Trinajstić information content (AvgIpc) is 2.86. The Morgan fingerprint density at radius 3 is 2.90 bits per heavy atom. The summed E-state index contributed by atoms with van der Waals surface area (Å²) < 4.78 is 5.63. The van der Waals surface area contributed by atoms with Gasteiger partial charge in [-0.25, -0.2) is 0 Å². The molecule has 0 aliphatic carbocycles. The van der Waals surface area contributed by atoms with Crippen molar-refractivity contribution in [3.8, 4) is 0 Å². The van der Waals surface area contributed by atoms with Gasteiger partial charge in [0.05, 0.1) is 12.8 Å². The second-order valence-electron chi connectivity index (χ2n) is 6.18. The van der Waals surface area contributed by atoms with Crippen LogP contribution in [0.1, 0.15) is 38.5 Å². The molecule has 1 aliphatic heterocycles. The maximum absolute atomic E-state index is 5.63. The first-order valence-electron chi connectivity index (χ1n) is 7.81. The molecule has 114 valence electrons. The number of hydrogen-bond donors (Lipinski definition) is 1. The molecule has 1 aromatic rings. The maximum Gasteiger partial charge on any atom is 0.122 e. The molecule has 1 aromatic heterocycles. The van der Waals surface area contributed by atoms with Gasteiger partial charge in [0, 0.05) is 43.8 Å². The first-order chi connectivity index (χ1) is 9.60. The van der Waals surface area contributed by atoms with E-state index in [-0.39, 0.29) is 0 Å². The van der Waals surface area contributed by atoms with Crippen LogP contribution < -0.4 is 5.32 Å². The highest BCUT2D eigenvalue weighted by atomic mass is 16.3. The quantitative estimate of drug-likeness (QED) is 0.866. The van der Waals surface area contributed by atoms with E-state index in [1.54, 1.807) is 0 Å². The van der Waals surface area contributed by atoms with Gasteiger partial charge in [-0.1, -0.05) is 20.8 Å². The molecule has 0 spiro atoms. The van der Waals surface area contributed by atoms with Crippen molar-refractivity contribution in [3.63, 3.8) is 0 Å². The summed E-state index contributed by atoms with van der Waals surface area (Å²) in [6.07, 6.45) is 3.04. The molecule has 0 amide bonds. The fourth-order valence-electron chi connectivity index (χ4n) is 2.80. The van der Waals surface area contributed by atoms with Crippen LogP contribution in [0, 0.1) is 0 Å². The number of nitrogens with one attached hydrogen (secondary N) is 1. The molecule has 0 saturated carbocycles. The highest BCUT2D eigenvalue weighted by Gasteiger charge is 2.23. The number of furan rings is 1. The molecule has 0 radical (unpaired) electrons. The zero-order valence-electron chi connectivity index (χ0n) is 13.4. The van der Waals surface area contributed by atoms with Crippen LogP contribution in [-0.2, 0) is 13.1 Å². The minimum Gasteiger partial charge on any atom is -0.468 e. The van der Waals surface area contributed by atoms with Crippen LogP contribution in [-0.4, -0.2) is 48.6 Å². The monoisotopic (exact) mass is 279 g/mol. The van der Waals surface area contributed by atoms with Crippen LogP contribution in [0.15, 0.2) is 16.7 Å². The number of rotatable bonds is 6. The van der Waals surface area contributed by atoms with Crippen LogP contribution in [0.5, 0.6) is 0 Å². The lowest BCUT2D eigenvalue weighted by Gasteiger charge is -2.39. The van der Waals surface area contributed by atoms with Gasteiger partial charge in [-0.15, -0.1) is 0 Å². The van der Waals surface area contributed by atoms with E-state index in [0.717, 1.165) is 38.5 Å². The van der Waals surface area contributed by atoms with Gasteiger partial charge in [-0.3, -0.25) is 4.90 Å². The third-order valence-electron chi connectivity index (χ3n) is 4.23. The lowest BCUT2D eigenvalue weighted by atomic mass is 10.1. The number of piperazine rings is 1. The van der Waals surface area contributed by atoms with E-state index >= 15 is 0 Å². The zero-order chi connectivity index (χ0) is 14.5. The van der Waals surface area contributed by atoms with Crippen LogP contribution >= 0.6 is 0 Å². The second-order valence-corrected chi connectivity index (χ2v) is 6.18. The van der Waals surface area contributed by atoms with Gasteiger partial charge in [0.2, 0.25) is 0 Å². The summed E-state index contributed by atoms with van der Waals surface area (Å²) in [5.41, 5.74) is 1.33. The van der Waals surface area contributed by atoms with E-state index in [1.807, 2.05) is 6.26 Å². The van der Waals surface area contributed by atoms with Crippen molar-refractivity contribution in [2.45, 2.75) is 52.4 Å². The molecule has 2 heterocycles. The molecule has 4 heteroatoms. The Hall–Kier alpha value is -0.840. The first kappa shape index (κ1) is 15.5. The molecule has 0 aromatic carbocycles. The van der Waals surface area contributed by atoms with E-state index in [0.29, 0.717) is 12.1 Å². The van der Waals surface area contributed by atoms with Gasteiger partial charge in [0.15, 0.2) is 0 Å². The van der Waals surface area contributed by atoms with Gasteiger partial charge in [-0.2, -0.15) is 0 Å². The van der Waals surface area contributed by atoms with Crippen molar-refractivity contribution >= 4 is 0 Å². The molecule has 1 fully saturated rings. The lowest BCUT2D eigenvalue weighted by molar-refractivity contribution is 0.0879. The largest absolute Gasteiger partial charge is 0.468 e. The maximum atomic E-state index is 5.63. The summed E-state index contributed by atoms with van der Waals surface area (Å²) in [4.78, 5) is 5.03. The number of hydrogen-bond acceptors (Lipinski definition) is 4. The number of nitrogens with zero attached hydrogens (tertiary/aromatic N) is 2. The molecule has 1 aliphatic rings. The SMILES string of the molecule is CCC1CN(Cc2ccoc2CNC(C)C)CCN1C. The van der Waals surface area contributed by atoms with Crippen molar-refractivity contribution in [3.05, 3.63) is 23.7 Å². The summed E-state index contributed by atoms with van der Waals surface area (Å²) in [5.74, 6) is 1.09. The normalized spacial score (nSPS) is 21.8. The predicted octanol–water partition coefficient (Wildman–Crippen LogP) is 2.30. The Bertz CT molecular complexity index is 402. The molecule has 1 atom stereocenters. The first-order valence-corrected chi connectivity index (χ1v) is 7.81. The molecule has 1 saturated heterocycles. The molecule has 0 bridgehead atoms. The molecule has 2 rings (SSSR count). The van der Waals surface area contributed by atoms with Crippen LogP contribution in [0.3, 0.4) is 0 Å². The minimum absolute atomic E-state index is 0.487. The third kappa shape index (κ3) is 4.08. The molecule has 20 heavy (non-hydrogen) atoms. The Morgan fingerprint density at radius 2 is 2.20 bits per heavy atom. The summed E-state index contributed by atoms with van der Waals surface area (Å²) >= 11 is 0. The van der Waals surface area contributed by atoms with Crippen molar-refractivity contribution in [1.29, 1.82) is 0 Å². The van der Waals surface area contributed by atoms with Crippen molar-refractivity contribution < 1.29 is 4.42 Å². The van der Waals surface area contributed by atoms with E-state index < -0.39 is 0 Å². The Kier molecular flexibility index (Phi) is 5.64. The van der Waals surface area contributed by atoms with Crippen molar-refractivity contribution in [1.82, 2.24) is 15.1 Å². The van der Waals surface area contributed by atoms with Gasteiger partial charge in [-0.05, 0) is 19.5 Å². The standard InChI is InChI=1S/C16H29N3O/c1-5-15-12-19(8-7-18(15)4)11-14-6-9-20-16(14)10-17-13(2)3/h6,9,13,15,17H,5,7-8,10-12H2,1-4H3. The van der Waals surface area contributed by atoms with E-state index in [1.165, 1.54) is 12.0 Å². The highest BCUT2D eigenvalue weighted by Crippen LogP contribution is 2.17. The summed E-state index contributed by atoms with van der Waals surface area (Å²) in [6.45, 7) is 11.9. The van der Waals surface area contributed by atoms with Gasteiger partial charge in [0.25, 0.3) is 0 Å². The summed E-state index contributed by atoms with van der Waals surface area (Å²) in [5, 5.41) is 3.43. The smallest absolute Gasteiger partial charge is 0.122 e. The summed E-state index contributed by atoms with van der Waals surface area (Å²) in [6, 6.07) is 3.30. The van der Waals surface area contributed by atoms with Gasteiger partial charge < -0.3 is 14.6 Å². The van der Waals surface area contributed by atoms with Gasteiger partial charge in [0.1, 0.15) is 5.76 Å². The molecular weight excluding hydrogens is 250 g/mol. The Labute approximate surface area is 123 Å². The Morgan fingerprint density at radius 1 is 1.40 bits per heavy atom. The molecular formula is C16H29N3O.